The third-order valence-corrected chi connectivity index (χ3v) is 3.11. The van der Waals surface area contributed by atoms with Gasteiger partial charge in [0, 0.05) is 28.0 Å². The zero-order valence-electron chi connectivity index (χ0n) is 8.22. The molecule has 78 valence electrons. The molecule has 0 spiro atoms. The fourth-order valence-electron chi connectivity index (χ4n) is 1.52. The van der Waals surface area contributed by atoms with E-state index in [9.17, 15) is 0 Å². The molecule has 0 saturated heterocycles. The highest BCUT2D eigenvalue weighted by atomic mass is 79.9. The Morgan fingerprint density at radius 2 is 2.27 bits per heavy atom. The molecule has 1 aromatic carbocycles. The van der Waals surface area contributed by atoms with Gasteiger partial charge in [-0.25, -0.2) is 4.98 Å². The molecule has 0 saturated carbocycles. The zero-order valence-corrected chi connectivity index (χ0v) is 10.6. The van der Waals surface area contributed by atoms with Gasteiger partial charge < -0.3 is 5.32 Å². The summed E-state index contributed by atoms with van der Waals surface area (Å²) in [5.74, 6) is 0.835. The van der Waals surface area contributed by atoms with Gasteiger partial charge in [-0.05, 0) is 28.9 Å². The van der Waals surface area contributed by atoms with Crippen molar-refractivity contribution in [3.63, 3.8) is 0 Å². The predicted molar refractivity (Wildman–Crippen MR) is 68.6 cm³/mol. The lowest BCUT2D eigenvalue weighted by molar-refractivity contribution is 1.17. The Morgan fingerprint density at radius 3 is 3.00 bits per heavy atom. The summed E-state index contributed by atoms with van der Waals surface area (Å²) in [6.45, 7) is 2.86. The van der Waals surface area contributed by atoms with Gasteiger partial charge in [0.05, 0.1) is 5.02 Å². The SMILES string of the molecule is CCNc1ncc(Br)c2cccc(Cl)c12. The van der Waals surface area contributed by atoms with Crippen LogP contribution in [0.15, 0.2) is 28.9 Å². The minimum Gasteiger partial charge on any atom is -0.370 e. The molecule has 1 heterocycles. The molecule has 0 fully saturated rings. The number of anilines is 1. The maximum atomic E-state index is 6.17. The summed E-state index contributed by atoms with van der Waals surface area (Å²) in [5, 5.41) is 5.97. The van der Waals surface area contributed by atoms with Crippen molar-refractivity contribution in [3.05, 3.63) is 33.9 Å². The fraction of sp³-hybridized carbons (Fsp3) is 0.182. The van der Waals surface area contributed by atoms with E-state index >= 15 is 0 Å². The van der Waals surface area contributed by atoms with Gasteiger partial charge in [0.25, 0.3) is 0 Å². The Labute approximate surface area is 102 Å². The number of nitrogens with one attached hydrogen (secondary N) is 1. The first-order valence-electron chi connectivity index (χ1n) is 4.70. The molecule has 2 aromatic rings. The summed E-state index contributed by atoms with van der Waals surface area (Å²) in [5.41, 5.74) is 0. The maximum Gasteiger partial charge on any atom is 0.135 e. The number of fused-ring (bicyclic) bond motifs is 1. The quantitative estimate of drug-likeness (QED) is 0.899. The first kappa shape index (κ1) is 10.7. The highest BCUT2D eigenvalue weighted by molar-refractivity contribution is 9.10. The molecule has 0 radical (unpaired) electrons. The molecule has 2 rings (SSSR count). The Balaban J connectivity index is 2.78. The number of halogens is 2. The summed E-state index contributed by atoms with van der Waals surface area (Å²) in [6.07, 6.45) is 1.79. The molecule has 0 bridgehead atoms. The van der Waals surface area contributed by atoms with Crippen LogP contribution in [0.4, 0.5) is 5.82 Å². The number of pyridine rings is 1. The van der Waals surface area contributed by atoms with Crippen molar-refractivity contribution in [2.75, 3.05) is 11.9 Å². The second kappa shape index (κ2) is 4.37. The Bertz CT molecular complexity index is 499. The van der Waals surface area contributed by atoms with E-state index in [4.69, 9.17) is 11.6 Å². The average Bonchev–Trinajstić information content (AvgIpc) is 2.23. The minimum atomic E-state index is 0.720. The molecule has 0 amide bonds. The van der Waals surface area contributed by atoms with Crippen molar-refractivity contribution < 1.29 is 0 Å². The molecular formula is C11H10BrClN2. The Morgan fingerprint density at radius 1 is 1.47 bits per heavy atom. The Kier molecular flexibility index (Phi) is 3.12. The van der Waals surface area contributed by atoms with Crippen LogP contribution in [-0.4, -0.2) is 11.5 Å². The Hall–Kier alpha value is -0.800. The van der Waals surface area contributed by atoms with Gasteiger partial charge >= 0.3 is 0 Å². The van der Waals surface area contributed by atoms with E-state index in [1.54, 1.807) is 6.20 Å². The molecule has 0 aliphatic heterocycles. The van der Waals surface area contributed by atoms with Crippen LogP contribution in [-0.2, 0) is 0 Å². The van der Waals surface area contributed by atoms with Crippen LogP contribution < -0.4 is 5.32 Å². The maximum absolute atomic E-state index is 6.17. The van der Waals surface area contributed by atoms with Gasteiger partial charge in [0.15, 0.2) is 0 Å². The average molecular weight is 286 g/mol. The van der Waals surface area contributed by atoms with Crippen LogP contribution in [0.1, 0.15) is 6.92 Å². The van der Waals surface area contributed by atoms with E-state index in [1.807, 2.05) is 25.1 Å². The van der Waals surface area contributed by atoms with E-state index in [0.29, 0.717) is 0 Å². The van der Waals surface area contributed by atoms with Crippen LogP contribution in [0.5, 0.6) is 0 Å². The molecule has 15 heavy (non-hydrogen) atoms. The summed E-state index contributed by atoms with van der Waals surface area (Å²) in [6, 6.07) is 5.83. The van der Waals surface area contributed by atoms with Crippen molar-refractivity contribution >= 4 is 44.1 Å². The van der Waals surface area contributed by atoms with Crippen LogP contribution in [0.2, 0.25) is 5.02 Å². The zero-order chi connectivity index (χ0) is 10.8. The first-order chi connectivity index (χ1) is 7.24. The predicted octanol–water partition coefficient (Wildman–Crippen LogP) is 4.08. The van der Waals surface area contributed by atoms with Crippen molar-refractivity contribution in [3.8, 4) is 0 Å². The van der Waals surface area contributed by atoms with Gasteiger partial charge in [0.1, 0.15) is 5.82 Å². The van der Waals surface area contributed by atoms with E-state index in [2.05, 4.69) is 26.2 Å². The second-order valence-electron chi connectivity index (χ2n) is 3.15. The minimum absolute atomic E-state index is 0.720. The molecule has 0 aliphatic rings. The molecule has 0 unspecified atom stereocenters. The van der Waals surface area contributed by atoms with Gasteiger partial charge in [-0.15, -0.1) is 0 Å². The van der Waals surface area contributed by atoms with Crippen molar-refractivity contribution in [2.45, 2.75) is 6.92 Å². The molecule has 1 N–H and O–H groups in total. The van der Waals surface area contributed by atoms with E-state index in [0.717, 1.165) is 32.6 Å². The van der Waals surface area contributed by atoms with Crippen LogP contribution >= 0.6 is 27.5 Å². The van der Waals surface area contributed by atoms with Crippen LogP contribution in [0, 0.1) is 0 Å². The van der Waals surface area contributed by atoms with Gasteiger partial charge in [0.2, 0.25) is 0 Å². The smallest absolute Gasteiger partial charge is 0.135 e. The van der Waals surface area contributed by atoms with E-state index in [1.165, 1.54) is 0 Å². The highest BCUT2D eigenvalue weighted by Gasteiger charge is 2.08. The van der Waals surface area contributed by atoms with Crippen LogP contribution in [0.25, 0.3) is 10.8 Å². The van der Waals surface area contributed by atoms with E-state index < -0.39 is 0 Å². The number of benzene rings is 1. The molecule has 1 aromatic heterocycles. The number of hydrogen-bond acceptors (Lipinski definition) is 2. The number of nitrogens with zero attached hydrogens (tertiary/aromatic N) is 1. The van der Waals surface area contributed by atoms with Gasteiger partial charge in [-0.1, -0.05) is 23.7 Å². The first-order valence-corrected chi connectivity index (χ1v) is 5.87. The molecule has 2 nitrogen and oxygen atoms in total. The van der Waals surface area contributed by atoms with Crippen LogP contribution in [0.3, 0.4) is 0 Å². The monoisotopic (exact) mass is 284 g/mol. The largest absolute Gasteiger partial charge is 0.370 e. The topological polar surface area (TPSA) is 24.9 Å². The fourth-order valence-corrected chi connectivity index (χ4v) is 2.22. The normalized spacial score (nSPS) is 10.6. The lowest BCUT2D eigenvalue weighted by Crippen LogP contribution is -2.00. The molecule has 4 heteroatoms. The number of hydrogen-bond donors (Lipinski definition) is 1. The standard InChI is InChI=1S/C11H10BrClN2/c1-2-14-11-10-7(8(12)6-15-11)4-3-5-9(10)13/h3-6H,2H2,1H3,(H,14,15). The number of rotatable bonds is 2. The van der Waals surface area contributed by atoms with Crippen molar-refractivity contribution in [1.29, 1.82) is 0 Å². The van der Waals surface area contributed by atoms with Gasteiger partial charge in [-0.2, -0.15) is 0 Å². The second-order valence-corrected chi connectivity index (χ2v) is 4.41. The molecular weight excluding hydrogens is 275 g/mol. The summed E-state index contributed by atoms with van der Waals surface area (Å²) >= 11 is 9.64. The van der Waals surface area contributed by atoms with Gasteiger partial charge in [-0.3, -0.25) is 0 Å². The summed E-state index contributed by atoms with van der Waals surface area (Å²) < 4.78 is 0.960. The lowest BCUT2D eigenvalue weighted by atomic mass is 10.1. The molecule has 0 aliphatic carbocycles. The van der Waals surface area contributed by atoms with E-state index in [-0.39, 0.29) is 0 Å². The third kappa shape index (κ3) is 1.94. The van der Waals surface area contributed by atoms with Crippen molar-refractivity contribution in [2.24, 2.45) is 0 Å². The highest BCUT2D eigenvalue weighted by Crippen LogP contribution is 2.33. The molecule has 0 atom stereocenters. The summed E-state index contributed by atoms with van der Waals surface area (Å²) in [4.78, 5) is 4.31. The van der Waals surface area contributed by atoms with Crippen molar-refractivity contribution in [1.82, 2.24) is 4.98 Å². The third-order valence-electron chi connectivity index (χ3n) is 2.16. The summed E-state index contributed by atoms with van der Waals surface area (Å²) in [7, 11) is 0. The number of aromatic nitrogens is 1. The lowest BCUT2D eigenvalue weighted by Gasteiger charge is -2.09.